The van der Waals surface area contributed by atoms with Crippen LogP contribution in [0.1, 0.15) is 24.0 Å². The van der Waals surface area contributed by atoms with Gasteiger partial charge in [-0.25, -0.2) is 0 Å². The number of ether oxygens (including phenoxy) is 1. The van der Waals surface area contributed by atoms with Crippen LogP contribution in [0.4, 0.5) is 0 Å². The minimum absolute atomic E-state index is 0.791. The molecule has 1 heterocycles. The van der Waals surface area contributed by atoms with E-state index in [1.807, 2.05) is 7.05 Å². The lowest BCUT2D eigenvalue weighted by Gasteiger charge is -2.31. The van der Waals surface area contributed by atoms with E-state index in [-0.39, 0.29) is 0 Å². The smallest absolute Gasteiger partial charge is 0.119 e. The van der Waals surface area contributed by atoms with Crippen LogP contribution in [0.5, 0.6) is 5.75 Å². The molecule has 0 bridgehead atoms. The Hall–Kier alpha value is -1.06. The maximum atomic E-state index is 5.89. The number of nitrogens with one attached hydrogen (secondary N) is 1. The second-order valence-corrected chi connectivity index (χ2v) is 6.01. The number of hydrogen-bond acceptors (Lipinski definition) is 3. The number of nitrogens with zero attached hydrogens (tertiary/aromatic N) is 1. The van der Waals surface area contributed by atoms with Crippen LogP contribution in [0.2, 0.25) is 0 Å². The zero-order valence-corrected chi connectivity index (χ0v) is 13.1. The summed E-state index contributed by atoms with van der Waals surface area (Å²) in [7, 11) is 2.05. The molecule has 0 amide bonds. The average Bonchev–Trinajstić information content (AvgIpc) is 2.40. The molecule has 112 valence electrons. The standard InChI is InChI=1S/C17H28N2O/c1-14-10-15(2)12-17(11-14)20-9-8-19-6-4-16(5-7-19)13-18-3/h10-12,16,18H,4-9,13H2,1-3H3. The van der Waals surface area contributed by atoms with Crippen molar-refractivity contribution in [3.05, 3.63) is 29.3 Å². The molecule has 0 aromatic heterocycles. The average molecular weight is 276 g/mol. The lowest BCUT2D eigenvalue weighted by molar-refractivity contribution is 0.154. The molecule has 0 atom stereocenters. The van der Waals surface area contributed by atoms with Crippen molar-refractivity contribution < 1.29 is 4.74 Å². The van der Waals surface area contributed by atoms with Crippen LogP contribution in [-0.2, 0) is 0 Å². The van der Waals surface area contributed by atoms with Crippen molar-refractivity contribution in [2.75, 3.05) is 39.8 Å². The van der Waals surface area contributed by atoms with E-state index in [4.69, 9.17) is 4.74 Å². The highest BCUT2D eigenvalue weighted by atomic mass is 16.5. The van der Waals surface area contributed by atoms with Gasteiger partial charge in [-0.1, -0.05) is 6.07 Å². The molecule has 1 aromatic rings. The number of aryl methyl sites for hydroxylation is 2. The fourth-order valence-electron chi connectivity index (χ4n) is 3.01. The summed E-state index contributed by atoms with van der Waals surface area (Å²) in [6.07, 6.45) is 2.62. The molecule has 3 nitrogen and oxygen atoms in total. The highest BCUT2D eigenvalue weighted by Crippen LogP contribution is 2.18. The minimum Gasteiger partial charge on any atom is -0.492 e. The van der Waals surface area contributed by atoms with Gasteiger partial charge in [-0.3, -0.25) is 4.90 Å². The molecule has 0 spiro atoms. The third-order valence-corrected chi connectivity index (χ3v) is 4.07. The van der Waals surface area contributed by atoms with E-state index >= 15 is 0 Å². The summed E-state index contributed by atoms with van der Waals surface area (Å²) in [6, 6.07) is 6.41. The molecular weight excluding hydrogens is 248 g/mol. The van der Waals surface area contributed by atoms with Crippen LogP contribution in [-0.4, -0.2) is 44.7 Å². The topological polar surface area (TPSA) is 24.5 Å². The summed E-state index contributed by atoms with van der Waals surface area (Å²) in [4.78, 5) is 2.52. The molecular formula is C17H28N2O. The predicted octanol–water partition coefficient (Wildman–Crippen LogP) is 2.61. The van der Waals surface area contributed by atoms with Crippen molar-refractivity contribution in [3.63, 3.8) is 0 Å². The third kappa shape index (κ3) is 4.80. The third-order valence-electron chi connectivity index (χ3n) is 4.07. The van der Waals surface area contributed by atoms with E-state index in [9.17, 15) is 0 Å². The molecule has 0 radical (unpaired) electrons. The Morgan fingerprint density at radius 2 is 1.80 bits per heavy atom. The van der Waals surface area contributed by atoms with E-state index in [0.717, 1.165) is 31.4 Å². The molecule has 20 heavy (non-hydrogen) atoms. The van der Waals surface area contributed by atoms with Gasteiger partial charge in [0.2, 0.25) is 0 Å². The van der Waals surface area contributed by atoms with Gasteiger partial charge in [0.25, 0.3) is 0 Å². The summed E-state index contributed by atoms with van der Waals surface area (Å²) in [5.74, 6) is 1.86. The molecule has 1 saturated heterocycles. The lowest BCUT2D eigenvalue weighted by Crippen LogP contribution is -2.38. The van der Waals surface area contributed by atoms with Crippen molar-refractivity contribution in [1.82, 2.24) is 10.2 Å². The van der Waals surface area contributed by atoms with Crippen molar-refractivity contribution in [2.24, 2.45) is 5.92 Å². The Balaban J connectivity index is 1.69. The number of hydrogen-bond donors (Lipinski definition) is 1. The van der Waals surface area contributed by atoms with Gasteiger partial charge >= 0.3 is 0 Å². The summed E-state index contributed by atoms with van der Waals surface area (Å²) < 4.78 is 5.89. The maximum Gasteiger partial charge on any atom is 0.119 e. The Morgan fingerprint density at radius 3 is 2.40 bits per heavy atom. The van der Waals surface area contributed by atoms with Crippen LogP contribution in [0, 0.1) is 19.8 Å². The van der Waals surface area contributed by atoms with E-state index in [0.29, 0.717) is 0 Å². The van der Waals surface area contributed by atoms with Gasteiger partial charge in [0, 0.05) is 6.54 Å². The molecule has 1 N–H and O–H groups in total. The van der Waals surface area contributed by atoms with Crippen LogP contribution < -0.4 is 10.1 Å². The van der Waals surface area contributed by atoms with Crippen molar-refractivity contribution >= 4 is 0 Å². The Labute approximate surface area is 123 Å². The van der Waals surface area contributed by atoms with Crippen molar-refractivity contribution in [3.8, 4) is 5.75 Å². The first-order valence-corrected chi connectivity index (χ1v) is 7.75. The lowest BCUT2D eigenvalue weighted by atomic mass is 9.97. The van der Waals surface area contributed by atoms with Gasteiger partial charge in [-0.05, 0) is 82.5 Å². The first-order chi connectivity index (χ1) is 9.67. The molecule has 0 saturated carbocycles. The summed E-state index contributed by atoms with van der Waals surface area (Å²) in [5, 5.41) is 3.28. The minimum atomic E-state index is 0.791. The van der Waals surface area contributed by atoms with Crippen LogP contribution in [0.25, 0.3) is 0 Å². The zero-order valence-electron chi connectivity index (χ0n) is 13.1. The van der Waals surface area contributed by atoms with Gasteiger partial charge in [0.15, 0.2) is 0 Å². The second kappa shape index (κ2) is 7.65. The quantitative estimate of drug-likeness (QED) is 0.864. The van der Waals surface area contributed by atoms with Crippen LogP contribution >= 0.6 is 0 Å². The maximum absolute atomic E-state index is 5.89. The van der Waals surface area contributed by atoms with Gasteiger partial charge in [0.05, 0.1) is 0 Å². The van der Waals surface area contributed by atoms with Crippen LogP contribution in [0.15, 0.2) is 18.2 Å². The van der Waals surface area contributed by atoms with Crippen molar-refractivity contribution in [1.29, 1.82) is 0 Å². The first kappa shape index (κ1) is 15.3. The zero-order chi connectivity index (χ0) is 14.4. The van der Waals surface area contributed by atoms with Crippen LogP contribution in [0.3, 0.4) is 0 Å². The van der Waals surface area contributed by atoms with E-state index in [1.54, 1.807) is 0 Å². The summed E-state index contributed by atoms with van der Waals surface area (Å²) >= 11 is 0. The number of benzene rings is 1. The monoisotopic (exact) mass is 276 g/mol. The predicted molar refractivity (Wildman–Crippen MR) is 84.5 cm³/mol. The van der Waals surface area contributed by atoms with Crippen molar-refractivity contribution in [2.45, 2.75) is 26.7 Å². The van der Waals surface area contributed by atoms with E-state index in [1.165, 1.54) is 37.1 Å². The Morgan fingerprint density at radius 1 is 1.15 bits per heavy atom. The van der Waals surface area contributed by atoms with E-state index < -0.39 is 0 Å². The SMILES string of the molecule is CNCC1CCN(CCOc2cc(C)cc(C)c2)CC1. The number of piperidine rings is 1. The Kier molecular flexibility index (Phi) is 5.86. The molecule has 0 unspecified atom stereocenters. The van der Waals surface area contributed by atoms with Gasteiger partial charge < -0.3 is 10.1 Å². The normalized spacial score (nSPS) is 17.4. The fraction of sp³-hybridized carbons (Fsp3) is 0.647. The molecule has 2 rings (SSSR count). The number of likely N-dealkylation sites (tertiary alicyclic amines) is 1. The van der Waals surface area contributed by atoms with Gasteiger partial charge in [0.1, 0.15) is 12.4 Å². The summed E-state index contributed by atoms with van der Waals surface area (Å²) in [5.41, 5.74) is 2.54. The highest BCUT2D eigenvalue weighted by molar-refractivity contribution is 5.32. The fourth-order valence-corrected chi connectivity index (χ4v) is 3.01. The molecule has 0 aliphatic carbocycles. The summed E-state index contributed by atoms with van der Waals surface area (Å²) in [6.45, 7) is 9.65. The molecule has 1 aliphatic heterocycles. The largest absolute Gasteiger partial charge is 0.492 e. The first-order valence-electron chi connectivity index (χ1n) is 7.75. The molecule has 3 heteroatoms. The van der Waals surface area contributed by atoms with Gasteiger partial charge in [-0.2, -0.15) is 0 Å². The second-order valence-electron chi connectivity index (χ2n) is 6.01. The Bertz CT molecular complexity index is 391. The van der Waals surface area contributed by atoms with Gasteiger partial charge in [-0.15, -0.1) is 0 Å². The molecule has 1 aromatic carbocycles. The molecule has 1 fully saturated rings. The highest BCUT2D eigenvalue weighted by Gasteiger charge is 2.18. The molecule has 1 aliphatic rings. The van der Waals surface area contributed by atoms with E-state index in [2.05, 4.69) is 42.3 Å². The number of rotatable bonds is 6.